The van der Waals surface area contributed by atoms with E-state index in [2.05, 4.69) is 10.9 Å². The molecule has 174 valence electrons. The van der Waals surface area contributed by atoms with Crippen molar-refractivity contribution in [1.82, 2.24) is 9.73 Å². The minimum absolute atomic E-state index is 0.0476. The lowest BCUT2D eigenvalue weighted by molar-refractivity contribution is -0.137. The molecule has 1 aliphatic heterocycles. The molecule has 2 aromatic carbocycles. The summed E-state index contributed by atoms with van der Waals surface area (Å²) in [5.74, 6) is -5.95. The highest BCUT2D eigenvalue weighted by Crippen LogP contribution is 2.32. The minimum Gasteiger partial charge on any atom is -0.296 e. The van der Waals surface area contributed by atoms with E-state index in [-0.39, 0.29) is 25.9 Å². The number of alkyl halides is 3. The highest BCUT2D eigenvalue weighted by Gasteiger charge is 2.35. The quantitative estimate of drug-likeness (QED) is 0.388. The fourth-order valence-corrected chi connectivity index (χ4v) is 4.71. The smallest absolute Gasteiger partial charge is 0.296 e. The Kier molecular flexibility index (Phi) is 6.69. The standard InChI is InChI=1S/C19H17F6N3O3S/c20-14-4-5-15(17(22)16(14)21)26-27-18(29)11-6-8-28(9-7-11)32(30,31)13-3-1-2-12(10-13)19(23,24)25/h1-5,10-11,26H,6-9H2,(H,27,29). The second kappa shape index (κ2) is 8.98. The molecule has 1 saturated heterocycles. The first-order valence-corrected chi connectivity index (χ1v) is 10.7. The van der Waals surface area contributed by atoms with Gasteiger partial charge < -0.3 is 0 Å². The van der Waals surface area contributed by atoms with Gasteiger partial charge in [-0.1, -0.05) is 6.07 Å². The molecule has 3 rings (SSSR count). The third kappa shape index (κ3) is 4.99. The summed E-state index contributed by atoms with van der Waals surface area (Å²) < 4.78 is 105. The van der Waals surface area contributed by atoms with Crippen LogP contribution in [0.4, 0.5) is 32.0 Å². The molecule has 1 aliphatic rings. The van der Waals surface area contributed by atoms with E-state index < -0.39 is 61.6 Å². The van der Waals surface area contributed by atoms with Crippen LogP contribution in [0.2, 0.25) is 0 Å². The second-order valence-corrected chi connectivity index (χ2v) is 8.98. The van der Waals surface area contributed by atoms with Gasteiger partial charge in [0.2, 0.25) is 15.9 Å². The van der Waals surface area contributed by atoms with Gasteiger partial charge in [-0.3, -0.25) is 15.6 Å². The number of halogens is 6. The lowest BCUT2D eigenvalue weighted by atomic mass is 9.98. The first kappa shape index (κ1) is 23.9. The number of carbonyl (C=O) groups excluding carboxylic acids is 1. The Morgan fingerprint density at radius 1 is 1.00 bits per heavy atom. The van der Waals surface area contributed by atoms with E-state index >= 15 is 0 Å². The molecule has 0 radical (unpaired) electrons. The number of anilines is 1. The lowest BCUT2D eigenvalue weighted by Gasteiger charge is -2.30. The van der Waals surface area contributed by atoms with Crippen LogP contribution >= 0.6 is 0 Å². The molecular formula is C19H17F6N3O3S. The van der Waals surface area contributed by atoms with Crippen molar-refractivity contribution in [3.05, 3.63) is 59.4 Å². The van der Waals surface area contributed by atoms with Crippen LogP contribution < -0.4 is 10.9 Å². The molecule has 2 aromatic rings. The Bertz CT molecular complexity index is 1120. The number of piperidine rings is 1. The summed E-state index contributed by atoms with van der Waals surface area (Å²) in [6.45, 7) is -0.258. The number of hydrogen-bond donors (Lipinski definition) is 2. The average Bonchev–Trinajstić information content (AvgIpc) is 2.76. The minimum atomic E-state index is -4.70. The maximum absolute atomic E-state index is 13.6. The maximum Gasteiger partial charge on any atom is 0.416 e. The van der Waals surface area contributed by atoms with E-state index in [1.54, 1.807) is 0 Å². The molecule has 0 aromatic heterocycles. The van der Waals surface area contributed by atoms with Gasteiger partial charge >= 0.3 is 6.18 Å². The fourth-order valence-electron chi connectivity index (χ4n) is 3.19. The van der Waals surface area contributed by atoms with E-state index in [0.717, 1.165) is 28.6 Å². The van der Waals surface area contributed by atoms with Crippen molar-refractivity contribution in [1.29, 1.82) is 0 Å². The predicted octanol–water partition coefficient (Wildman–Crippen LogP) is 3.67. The molecule has 0 unspecified atom stereocenters. The van der Waals surface area contributed by atoms with Crippen LogP contribution in [0.1, 0.15) is 18.4 Å². The van der Waals surface area contributed by atoms with Crippen LogP contribution in [-0.2, 0) is 21.0 Å². The van der Waals surface area contributed by atoms with E-state index in [1.165, 1.54) is 0 Å². The summed E-state index contributed by atoms with van der Waals surface area (Å²) >= 11 is 0. The molecule has 2 N–H and O–H groups in total. The summed E-state index contributed by atoms with van der Waals surface area (Å²) in [4.78, 5) is 11.8. The summed E-state index contributed by atoms with van der Waals surface area (Å²) in [5.41, 5.74) is 2.71. The molecule has 0 atom stereocenters. The zero-order valence-corrected chi connectivity index (χ0v) is 17.0. The molecule has 1 amide bonds. The first-order chi connectivity index (χ1) is 14.9. The summed E-state index contributed by atoms with van der Waals surface area (Å²) in [6.07, 6.45) is -4.60. The van der Waals surface area contributed by atoms with Crippen molar-refractivity contribution in [3.63, 3.8) is 0 Å². The van der Waals surface area contributed by atoms with Crippen molar-refractivity contribution in [2.75, 3.05) is 18.5 Å². The summed E-state index contributed by atoms with van der Waals surface area (Å²) in [7, 11) is -4.20. The zero-order chi connectivity index (χ0) is 23.7. The van der Waals surface area contributed by atoms with Crippen LogP contribution in [0.3, 0.4) is 0 Å². The molecule has 1 heterocycles. The van der Waals surface area contributed by atoms with Gasteiger partial charge in [0, 0.05) is 19.0 Å². The van der Waals surface area contributed by atoms with Crippen molar-refractivity contribution >= 4 is 21.6 Å². The number of nitrogens with one attached hydrogen (secondary N) is 2. The predicted molar refractivity (Wildman–Crippen MR) is 101 cm³/mol. The number of amides is 1. The van der Waals surface area contributed by atoms with Gasteiger partial charge in [-0.05, 0) is 43.2 Å². The van der Waals surface area contributed by atoms with E-state index in [4.69, 9.17) is 0 Å². The topological polar surface area (TPSA) is 78.5 Å². The Morgan fingerprint density at radius 3 is 2.28 bits per heavy atom. The molecule has 32 heavy (non-hydrogen) atoms. The van der Waals surface area contributed by atoms with Gasteiger partial charge in [0.05, 0.1) is 16.1 Å². The van der Waals surface area contributed by atoms with E-state index in [0.29, 0.717) is 12.1 Å². The first-order valence-electron chi connectivity index (χ1n) is 9.28. The van der Waals surface area contributed by atoms with Gasteiger partial charge in [-0.15, -0.1) is 0 Å². The Labute approximate surface area is 179 Å². The third-order valence-electron chi connectivity index (χ3n) is 4.98. The average molecular weight is 481 g/mol. The maximum atomic E-state index is 13.6. The number of sulfonamides is 1. The highest BCUT2D eigenvalue weighted by molar-refractivity contribution is 7.89. The van der Waals surface area contributed by atoms with Gasteiger partial charge in [0.25, 0.3) is 0 Å². The van der Waals surface area contributed by atoms with E-state index in [1.807, 2.05) is 0 Å². The third-order valence-corrected chi connectivity index (χ3v) is 6.87. The second-order valence-electron chi connectivity index (χ2n) is 7.04. The molecule has 0 spiro atoms. The van der Waals surface area contributed by atoms with Crippen molar-refractivity contribution < 1.29 is 39.6 Å². The summed E-state index contributed by atoms with van der Waals surface area (Å²) in [6, 6.07) is 4.93. The normalized spacial score (nSPS) is 16.1. The van der Waals surface area contributed by atoms with Crippen LogP contribution in [0.25, 0.3) is 0 Å². The van der Waals surface area contributed by atoms with Crippen LogP contribution in [0, 0.1) is 23.4 Å². The molecule has 6 nitrogen and oxygen atoms in total. The largest absolute Gasteiger partial charge is 0.416 e. The van der Waals surface area contributed by atoms with Crippen LogP contribution in [0.15, 0.2) is 41.3 Å². The molecular weight excluding hydrogens is 464 g/mol. The molecule has 0 aliphatic carbocycles. The molecule has 0 bridgehead atoms. The van der Waals surface area contributed by atoms with E-state index in [9.17, 15) is 39.6 Å². The highest BCUT2D eigenvalue weighted by atomic mass is 32.2. The van der Waals surface area contributed by atoms with Crippen LogP contribution in [0.5, 0.6) is 0 Å². The number of rotatable bonds is 5. The van der Waals surface area contributed by atoms with Crippen molar-refractivity contribution in [2.45, 2.75) is 23.9 Å². The molecule has 13 heteroatoms. The van der Waals surface area contributed by atoms with Gasteiger partial charge in [0.15, 0.2) is 17.5 Å². The Morgan fingerprint density at radius 2 is 1.66 bits per heavy atom. The summed E-state index contributed by atoms with van der Waals surface area (Å²) in [5, 5.41) is 0. The number of hydrazine groups is 1. The van der Waals surface area contributed by atoms with Crippen molar-refractivity contribution in [2.24, 2.45) is 5.92 Å². The molecule has 1 fully saturated rings. The number of carbonyl (C=O) groups is 1. The molecule has 0 saturated carbocycles. The number of hydrogen-bond acceptors (Lipinski definition) is 4. The monoisotopic (exact) mass is 481 g/mol. The van der Waals surface area contributed by atoms with Crippen molar-refractivity contribution in [3.8, 4) is 0 Å². The van der Waals surface area contributed by atoms with Gasteiger partial charge in [-0.25, -0.2) is 21.6 Å². The van der Waals surface area contributed by atoms with Gasteiger partial charge in [-0.2, -0.15) is 17.5 Å². The zero-order valence-electron chi connectivity index (χ0n) is 16.2. The Hall–Kier alpha value is -2.80. The lowest BCUT2D eigenvalue weighted by Crippen LogP contribution is -2.44. The SMILES string of the molecule is O=C(NNc1ccc(F)c(F)c1F)C1CCN(S(=O)(=O)c2cccc(C(F)(F)F)c2)CC1. The number of benzene rings is 2. The fraction of sp³-hybridized carbons (Fsp3) is 0.316. The van der Waals surface area contributed by atoms with Crippen LogP contribution in [-0.4, -0.2) is 31.7 Å². The number of nitrogens with zero attached hydrogens (tertiary/aromatic N) is 1. The van der Waals surface area contributed by atoms with Gasteiger partial charge in [0.1, 0.15) is 0 Å². The Balaban J connectivity index is 1.61.